The smallest absolute Gasteiger partial charge is 0.244 e. The quantitative estimate of drug-likeness (QED) is 0.849. The summed E-state index contributed by atoms with van der Waals surface area (Å²) in [6, 6.07) is -0.0299. The van der Waals surface area contributed by atoms with Crippen molar-refractivity contribution in [1.29, 1.82) is 0 Å². The molecule has 19 heavy (non-hydrogen) atoms. The van der Waals surface area contributed by atoms with Gasteiger partial charge in [0.15, 0.2) is 0 Å². The van der Waals surface area contributed by atoms with Crippen molar-refractivity contribution in [1.82, 2.24) is 14.5 Å². The zero-order valence-electron chi connectivity index (χ0n) is 11.5. The first-order valence-electron chi connectivity index (χ1n) is 6.49. The molecule has 0 saturated heterocycles. The molecule has 1 fully saturated rings. The maximum atomic E-state index is 12.5. The largest absolute Gasteiger partial charge is 0.271 e. The van der Waals surface area contributed by atoms with Crippen molar-refractivity contribution in [2.45, 2.75) is 55.3 Å². The highest BCUT2D eigenvalue weighted by molar-refractivity contribution is 9.09. The van der Waals surface area contributed by atoms with E-state index in [4.69, 9.17) is 0 Å². The number of hydrogen-bond acceptors (Lipinski definition) is 3. The number of halogens is 1. The minimum atomic E-state index is -3.50. The Morgan fingerprint density at radius 1 is 1.32 bits per heavy atom. The summed E-state index contributed by atoms with van der Waals surface area (Å²) in [5, 5.41) is 4.17. The van der Waals surface area contributed by atoms with Gasteiger partial charge in [0.25, 0.3) is 0 Å². The molecule has 1 aliphatic rings. The van der Waals surface area contributed by atoms with Gasteiger partial charge in [-0.3, -0.25) is 4.68 Å². The maximum Gasteiger partial charge on any atom is 0.244 e. The summed E-state index contributed by atoms with van der Waals surface area (Å²) in [6.07, 6.45) is 4.12. The number of hydrogen-bond donors (Lipinski definition) is 1. The first-order chi connectivity index (χ1) is 8.83. The van der Waals surface area contributed by atoms with Crippen molar-refractivity contribution in [2.75, 3.05) is 0 Å². The van der Waals surface area contributed by atoms with Crippen LogP contribution in [0.1, 0.15) is 37.1 Å². The Hall–Kier alpha value is -0.400. The van der Waals surface area contributed by atoms with Gasteiger partial charge in [0.2, 0.25) is 10.0 Å². The Kier molecular flexibility index (Phi) is 4.37. The monoisotopic (exact) mass is 349 g/mol. The molecule has 1 aromatic heterocycles. The predicted molar refractivity (Wildman–Crippen MR) is 78.0 cm³/mol. The molecule has 1 heterocycles. The molecule has 0 aliphatic heterocycles. The molecule has 7 heteroatoms. The summed E-state index contributed by atoms with van der Waals surface area (Å²) < 4.78 is 29.5. The van der Waals surface area contributed by atoms with Gasteiger partial charge in [-0.05, 0) is 26.7 Å². The number of aryl methyl sites for hydroxylation is 2. The van der Waals surface area contributed by atoms with E-state index in [1.54, 1.807) is 25.6 Å². The number of nitrogens with zero attached hydrogens (tertiary/aromatic N) is 2. The fraction of sp³-hybridized carbons (Fsp3) is 0.750. The molecular formula is C12H20BrN3O2S. The standard InChI is InChI=1S/C12H20BrN3O2S/c1-8-12(9(2)16(3)14-8)19(17,18)15-11-7-5-4-6-10(11)13/h10-11,15H,4-7H2,1-3H3. The van der Waals surface area contributed by atoms with Gasteiger partial charge < -0.3 is 0 Å². The predicted octanol–water partition coefficient (Wildman–Crippen LogP) is 2.02. The van der Waals surface area contributed by atoms with Crippen molar-refractivity contribution in [3.8, 4) is 0 Å². The SMILES string of the molecule is Cc1nn(C)c(C)c1S(=O)(=O)NC1CCCCC1Br. The van der Waals surface area contributed by atoms with E-state index < -0.39 is 10.0 Å². The number of nitrogens with one attached hydrogen (secondary N) is 1. The molecule has 1 saturated carbocycles. The Balaban J connectivity index is 2.27. The molecule has 2 rings (SSSR count). The van der Waals surface area contributed by atoms with Crippen LogP contribution in [-0.2, 0) is 17.1 Å². The number of aromatic nitrogens is 2. The molecular weight excluding hydrogens is 330 g/mol. The van der Waals surface area contributed by atoms with Crippen LogP contribution in [0.2, 0.25) is 0 Å². The highest BCUT2D eigenvalue weighted by Gasteiger charge is 2.30. The van der Waals surface area contributed by atoms with Crippen LogP contribution in [0.3, 0.4) is 0 Å². The molecule has 1 aromatic rings. The fourth-order valence-electron chi connectivity index (χ4n) is 2.62. The van der Waals surface area contributed by atoms with Gasteiger partial charge in [0.1, 0.15) is 4.90 Å². The van der Waals surface area contributed by atoms with Crippen LogP contribution in [0.4, 0.5) is 0 Å². The third-order valence-electron chi connectivity index (χ3n) is 3.70. The van der Waals surface area contributed by atoms with Gasteiger partial charge >= 0.3 is 0 Å². The molecule has 5 nitrogen and oxygen atoms in total. The molecule has 0 radical (unpaired) electrons. The number of alkyl halides is 1. The third-order valence-corrected chi connectivity index (χ3v) is 6.54. The lowest BCUT2D eigenvalue weighted by Gasteiger charge is -2.27. The summed E-state index contributed by atoms with van der Waals surface area (Å²) >= 11 is 3.57. The van der Waals surface area contributed by atoms with Crippen molar-refractivity contribution in [3.63, 3.8) is 0 Å². The zero-order valence-corrected chi connectivity index (χ0v) is 13.9. The molecule has 1 aliphatic carbocycles. The van der Waals surface area contributed by atoms with E-state index in [1.165, 1.54) is 0 Å². The number of rotatable bonds is 3. The van der Waals surface area contributed by atoms with Gasteiger partial charge in [0, 0.05) is 17.9 Å². The van der Waals surface area contributed by atoms with Crippen LogP contribution in [0.5, 0.6) is 0 Å². The highest BCUT2D eigenvalue weighted by atomic mass is 79.9. The van der Waals surface area contributed by atoms with Crippen LogP contribution >= 0.6 is 15.9 Å². The Morgan fingerprint density at radius 3 is 2.47 bits per heavy atom. The van der Waals surface area contributed by atoms with Crippen LogP contribution in [-0.4, -0.2) is 29.1 Å². The normalized spacial score (nSPS) is 24.6. The van der Waals surface area contributed by atoms with Crippen molar-refractivity contribution in [2.24, 2.45) is 7.05 Å². The molecule has 108 valence electrons. The van der Waals surface area contributed by atoms with Gasteiger partial charge in [-0.25, -0.2) is 13.1 Å². The van der Waals surface area contributed by atoms with Gasteiger partial charge in [-0.2, -0.15) is 5.10 Å². The van der Waals surface area contributed by atoms with E-state index in [1.807, 2.05) is 0 Å². The average molecular weight is 350 g/mol. The molecule has 0 bridgehead atoms. The Labute approximate surface area is 122 Å². The summed E-state index contributed by atoms with van der Waals surface area (Å²) in [4.78, 5) is 0.536. The zero-order chi connectivity index (χ0) is 14.2. The van der Waals surface area contributed by atoms with Gasteiger partial charge in [-0.15, -0.1) is 0 Å². The molecule has 2 atom stereocenters. The first-order valence-corrected chi connectivity index (χ1v) is 8.89. The lowest BCUT2D eigenvalue weighted by Crippen LogP contribution is -2.42. The average Bonchev–Trinajstić information content (AvgIpc) is 2.56. The summed E-state index contributed by atoms with van der Waals surface area (Å²) in [5.74, 6) is 0. The van der Waals surface area contributed by atoms with E-state index in [0.29, 0.717) is 16.3 Å². The lowest BCUT2D eigenvalue weighted by molar-refractivity contribution is 0.427. The minimum absolute atomic E-state index is 0.0299. The van der Waals surface area contributed by atoms with Crippen molar-refractivity contribution >= 4 is 26.0 Å². The van der Waals surface area contributed by atoms with E-state index in [-0.39, 0.29) is 10.9 Å². The second kappa shape index (κ2) is 5.54. The summed E-state index contributed by atoms with van der Waals surface area (Å²) in [6.45, 7) is 3.51. The lowest BCUT2D eigenvalue weighted by atomic mass is 9.96. The number of sulfonamides is 1. The molecule has 0 spiro atoms. The van der Waals surface area contributed by atoms with E-state index in [2.05, 4.69) is 25.8 Å². The Bertz CT molecular complexity index is 568. The van der Waals surface area contributed by atoms with Crippen LogP contribution in [0, 0.1) is 13.8 Å². The maximum absolute atomic E-state index is 12.5. The van der Waals surface area contributed by atoms with Crippen LogP contribution in [0.25, 0.3) is 0 Å². The van der Waals surface area contributed by atoms with E-state index in [9.17, 15) is 8.42 Å². The fourth-order valence-corrected chi connectivity index (χ4v) is 5.26. The van der Waals surface area contributed by atoms with Crippen molar-refractivity contribution < 1.29 is 8.42 Å². The second-order valence-corrected chi connectivity index (χ2v) is 7.98. The minimum Gasteiger partial charge on any atom is -0.271 e. The van der Waals surface area contributed by atoms with E-state index >= 15 is 0 Å². The van der Waals surface area contributed by atoms with Gasteiger partial charge in [-0.1, -0.05) is 28.8 Å². The second-order valence-electron chi connectivity index (χ2n) is 5.15. The molecule has 0 amide bonds. The highest BCUT2D eigenvalue weighted by Crippen LogP contribution is 2.27. The third kappa shape index (κ3) is 3.03. The molecule has 1 N–H and O–H groups in total. The van der Waals surface area contributed by atoms with Gasteiger partial charge in [0.05, 0.1) is 11.4 Å². The Morgan fingerprint density at radius 2 is 1.95 bits per heavy atom. The summed E-state index contributed by atoms with van der Waals surface area (Å²) in [7, 11) is -1.74. The first kappa shape index (κ1) is 15.0. The molecule has 2 unspecified atom stereocenters. The summed E-state index contributed by atoms with van der Waals surface area (Å²) in [5.41, 5.74) is 1.22. The van der Waals surface area contributed by atoms with Crippen LogP contribution < -0.4 is 4.72 Å². The van der Waals surface area contributed by atoms with Crippen LogP contribution in [0.15, 0.2) is 4.90 Å². The topological polar surface area (TPSA) is 64.0 Å². The molecule has 0 aromatic carbocycles. The van der Waals surface area contributed by atoms with Crippen molar-refractivity contribution in [3.05, 3.63) is 11.4 Å². The van der Waals surface area contributed by atoms with E-state index in [0.717, 1.165) is 25.7 Å².